The number of nitrogens with zero attached hydrogens (tertiary/aromatic N) is 1. The number of rotatable bonds is 2. The second-order valence-electron chi connectivity index (χ2n) is 6.43. The van der Waals surface area contributed by atoms with E-state index in [0.29, 0.717) is 12.0 Å². The number of likely N-dealkylation sites (tertiary alicyclic amines) is 1. The van der Waals surface area contributed by atoms with Crippen LogP contribution in [0.2, 0.25) is 0 Å². The molecule has 25 heavy (non-hydrogen) atoms. The molecule has 0 radical (unpaired) electrons. The summed E-state index contributed by atoms with van der Waals surface area (Å²) < 4.78 is 31.7. The topological polar surface area (TPSA) is 81.0 Å². The van der Waals surface area contributed by atoms with Gasteiger partial charge in [-0.3, -0.25) is 4.90 Å². The molecule has 1 aliphatic heterocycles. The monoisotopic (exact) mass is 361 g/mol. The van der Waals surface area contributed by atoms with Crippen molar-refractivity contribution >= 4 is 5.97 Å². The van der Waals surface area contributed by atoms with Crippen molar-refractivity contribution < 1.29 is 33.3 Å². The van der Waals surface area contributed by atoms with Gasteiger partial charge >= 0.3 is 12.1 Å². The molecule has 1 heterocycles. The van der Waals surface area contributed by atoms with E-state index in [2.05, 4.69) is 11.8 Å². The van der Waals surface area contributed by atoms with Crippen LogP contribution in [0.1, 0.15) is 30.9 Å². The average Bonchev–Trinajstić information content (AvgIpc) is 2.92. The zero-order chi connectivity index (χ0) is 18.8. The van der Waals surface area contributed by atoms with Crippen molar-refractivity contribution in [1.29, 1.82) is 0 Å². The molecule has 0 saturated carbocycles. The Balaban J connectivity index is 0.000000277. The van der Waals surface area contributed by atoms with Crippen LogP contribution in [0.3, 0.4) is 0 Å². The zero-order valence-corrected chi connectivity index (χ0v) is 13.9. The lowest BCUT2D eigenvalue weighted by molar-refractivity contribution is -0.192. The van der Waals surface area contributed by atoms with Crippen LogP contribution in [0.5, 0.6) is 11.5 Å². The number of halogens is 3. The van der Waals surface area contributed by atoms with E-state index in [1.165, 1.54) is 31.5 Å². The van der Waals surface area contributed by atoms with Crippen LogP contribution < -0.4 is 0 Å². The van der Waals surface area contributed by atoms with Crippen molar-refractivity contribution in [2.24, 2.45) is 5.92 Å². The van der Waals surface area contributed by atoms with Crippen molar-refractivity contribution in [1.82, 2.24) is 4.90 Å². The first-order valence-electron chi connectivity index (χ1n) is 8.22. The van der Waals surface area contributed by atoms with Gasteiger partial charge in [0, 0.05) is 11.6 Å². The molecule has 1 aromatic carbocycles. The summed E-state index contributed by atoms with van der Waals surface area (Å²) in [6.45, 7) is 4.60. The smallest absolute Gasteiger partial charge is 0.490 e. The Hall–Kier alpha value is -1.96. The number of fused-ring (bicyclic) bond motifs is 2. The summed E-state index contributed by atoms with van der Waals surface area (Å²) in [4.78, 5) is 11.5. The van der Waals surface area contributed by atoms with Gasteiger partial charge in [-0.25, -0.2) is 4.79 Å². The van der Waals surface area contributed by atoms with E-state index in [1.54, 1.807) is 6.07 Å². The molecule has 140 valence electrons. The molecule has 0 spiro atoms. The fraction of sp³-hybridized carbons (Fsp3) is 0.588. The highest BCUT2D eigenvalue weighted by atomic mass is 19.4. The molecule has 2 atom stereocenters. The molecule has 0 unspecified atom stereocenters. The first-order valence-corrected chi connectivity index (χ1v) is 8.22. The maximum Gasteiger partial charge on any atom is 0.490 e. The Bertz CT molecular complexity index is 633. The number of aromatic hydroxyl groups is 2. The van der Waals surface area contributed by atoms with Gasteiger partial charge in [0.2, 0.25) is 0 Å². The third kappa shape index (κ3) is 4.36. The van der Waals surface area contributed by atoms with Gasteiger partial charge in [0.15, 0.2) is 11.5 Å². The average molecular weight is 361 g/mol. The van der Waals surface area contributed by atoms with Crippen molar-refractivity contribution in [3.05, 3.63) is 23.3 Å². The lowest BCUT2D eigenvalue weighted by Gasteiger charge is -2.33. The number of phenolic OH excluding ortho intramolecular Hbond substituents is 2. The van der Waals surface area contributed by atoms with Crippen molar-refractivity contribution in [2.45, 2.75) is 44.8 Å². The molecule has 2 aliphatic rings. The van der Waals surface area contributed by atoms with Gasteiger partial charge in [0.25, 0.3) is 0 Å². The number of hydrogen-bond acceptors (Lipinski definition) is 4. The molecular formula is C17H22F3NO4. The van der Waals surface area contributed by atoms with Crippen LogP contribution in [0.4, 0.5) is 13.2 Å². The molecule has 1 saturated heterocycles. The highest BCUT2D eigenvalue weighted by molar-refractivity contribution is 5.73. The number of phenols is 2. The van der Waals surface area contributed by atoms with Crippen molar-refractivity contribution in [3.63, 3.8) is 0 Å². The van der Waals surface area contributed by atoms with Crippen LogP contribution in [0, 0.1) is 5.92 Å². The summed E-state index contributed by atoms with van der Waals surface area (Å²) in [5, 5.41) is 26.7. The minimum atomic E-state index is -5.08. The van der Waals surface area contributed by atoms with Gasteiger partial charge in [-0.15, -0.1) is 0 Å². The van der Waals surface area contributed by atoms with E-state index >= 15 is 0 Å². The first kappa shape index (κ1) is 19.4. The predicted molar refractivity (Wildman–Crippen MR) is 84.6 cm³/mol. The molecule has 1 aliphatic carbocycles. The molecule has 0 bridgehead atoms. The summed E-state index contributed by atoms with van der Waals surface area (Å²) in [6.07, 6.45) is -0.718. The lowest BCUT2D eigenvalue weighted by Crippen LogP contribution is -2.38. The number of benzene rings is 1. The fourth-order valence-electron chi connectivity index (χ4n) is 3.66. The third-order valence-electron chi connectivity index (χ3n) is 4.81. The third-order valence-corrected chi connectivity index (χ3v) is 4.81. The SMILES string of the molecule is CCCN1CC[C@H]2Cc3c(ccc(O)c3O)C[C@H]21.O=C(O)C(F)(F)F. The Kier molecular flexibility index (Phi) is 5.82. The molecule has 1 aromatic rings. The summed E-state index contributed by atoms with van der Waals surface area (Å²) in [5.74, 6) is -1.97. The number of alkyl halides is 3. The Morgan fingerprint density at radius 1 is 1.28 bits per heavy atom. The largest absolute Gasteiger partial charge is 0.504 e. The first-order chi connectivity index (χ1) is 11.6. The summed E-state index contributed by atoms with van der Waals surface area (Å²) in [6, 6.07) is 4.23. The van der Waals surface area contributed by atoms with Crippen LogP contribution in [0.15, 0.2) is 12.1 Å². The molecule has 0 aromatic heterocycles. The molecular weight excluding hydrogens is 339 g/mol. The maximum absolute atomic E-state index is 10.6. The molecule has 3 rings (SSSR count). The van der Waals surface area contributed by atoms with Crippen LogP contribution in [-0.4, -0.2) is 51.5 Å². The van der Waals surface area contributed by atoms with E-state index in [9.17, 15) is 23.4 Å². The van der Waals surface area contributed by atoms with Gasteiger partial charge in [0.05, 0.1) is 0 Å². The summed E-state index contributed by atoms with van der Waals surface area (Å²) >= 11 is 0. The Morgan fingerprint density at radius 2 is 1.92 bits per heavy atom. The van der Waals surface area contributed by atoms with Gasteiger partial charge in [-0.05, 0) is 56.3 Å². The zero-order valence-electron chi connectivity index (χ0n) is 13.9. The van der Waals surface area contributed by atoms with Crippen LogP contribution in [-0.2, 0) is 17.6 Å². The van der Waals surface area contributed by atoms with E-state index in [1.807, 2.05) is 6.07 Å². The van der Waals surface area contributed by atoms with Gasteiger partial charge < -0.3 is 15.3 Å². The lowest BCUT2D eigenvalue weighted by atomic mass is 9.80. The standard InChI is InChI=1S/C15H21NO2.C2HF3O2/c1-2-6-16-7-5-11-8-12-10(9-13(11)16)3-4-14(17)15(12)18;3-2(4,5)1(6)7/h3-4,11,13,17-18H,2,5-9H2,1H3;(H,6,7)/t11-,13+;/m0./s1. The highest BCUT2D eigenvalue weighted by Crippen LogP contribution is 2.42. The summed E-state index contributed by atoms with van der Waals surface area (Å²) in [5.41, 5.74) is 2.20. The molecule has 1 fully saturated rings. The highest BCUT2D eigenvalue weighted by Gasteiger charge is 2.39. The normalized spacial score (nSPS) is 22.6. The predicted octanol–water partition coefficient (Wildman–Crippen LogP) is 2.93. The van der Waals surface area contributed by atoms with Gasteiger partial charge in [0.1, 0.15) is 0 Å². The summed E-state index contributed by atoms with van der Waals surface area (Å²) in [7, 11) is 0. The Labute approximate surface area is 143 Å². The maximum atomic E-state index is 10.6. The Morgan fingerprint density at radius 3 is 2.48 bits per heavy atom. The quantitative estimate of drug-likeness (QED) is 0.706. The number of hydrogen-bond donors (Lipinski definition) is 3. The molecule has 8 heteroatoms. The molecule has 0 amide bonds. The number of carboxylic acids is 1. The number of carboxylic acid groups (broad SMARTS) is 1. The number of carbonyl (C=O) groups is 1. The minimum Gasteiger partial charge on any atom is -0.504 e. The van der Waals surface area contributed by atoms with E-state index in [0.717, 1.165) is 18.4 Å². The molecule has 3 N–H and O–H groups in total. The molecule has 5 nitrogen and oxygen atoms in total. The van der Waals surface area contributed by atoms with E-state index < -0.39 is 12.1 Å². The van der Waals surface area contributed by atoms with Crippen LogP contribution in [0.25, 0.3) is 0 Å². The second-order valence-corrected chi connectivity index (χ2v) is 6.43. The van der Waals surface area contributed by atoms with Gasteiger partial charge in [-0.2, -0.15) is 13.2 Å². The fourth-order valence-corrected chi connectivity index (χ4v) is 3.66. The van der Waals surface area contributed by atoms with E-state index in [-0.39, 0.29) is 11.5 Å². The van der Waals surface area contributed by atoms with E-state index in [4.69, 9.17) is 9.90 Å². The number of aliphatic carboxylic acids is 1. The van der Waals surface area contributed by atoms with Crippen LogP contribution >= 0.6 is 0 Å². The minimum absolute atomic E-state index is 0.0237. The van der Waals surface area contributed by atoms with Crippen molar-refractivity contribution in [2.75, 3.05) is 13.1 Å². The van der Waals surface area contributed by atoms with Crippen molar-refractivity contribution in [3.8, 4) is 11.5 Å². The second kappa shape index (κ2) is 7.51. The van der Waals surface area contributed by atoms with Gasteiger partial charge in [-0.1, -0.05) is 13.0 Å².